The van der Waals surface area contributed by atoms with Crippen LogP contribution in [0.1, 0.15) is 36.0 Å². The van der Waals surface area contributed by atoms with Crippen molar-refractivity contribution in [1.29, 1.82) is 0 Å². The van der Waals surface area contributed by atoms with Gasteiger partial charge >= 0.3 is 5.63 Å². The Kier molecular flexibility index (Phi) is 7.66. The predicted octanol–water partition coefficient (Wildman–Crippen LogP) is 2.89. The normalized spacial score (nSPS) is 18.3. The molecular formula is C26H29N3O7. The Hall–Kier alpha value is -3.76. The number of amides is 1. The molecule has 2 aromatic carbocycles. The van der Waals surface area contributed by atoms with E-state index in [2.05, 4.69) is 0 Å². The zero-order valence-corrected chi connectivity index (χ0v) is 20.0. The summed E-state index contributed by atoms with van der Waals surface area (Å²) in [4.78, 5) is 36.5. The number of non-ortho nitro benzene ring substituents is 1. The summed E-state index contributed by atoms with van der Waals surface area (Å²) in [5.74, 6) is -0.0919. The first-order valence-corrected chi connectivity index (χ1v) is 11.9. The molecule has 4 rings (SSSR count). The molecule has 0 aliphatic carbocycles. The highest BCUT2D eigenvalue weighted by atomic mass is 16.6. The van der Waals surface area contributed by atoms with Gasteiger partial charge in [0.1, 0.15) is 17.6 Å². The van der Waals surface area contributed by atoms with Crippen molar-refractivity contribution in [1.82, 2.24) is 4.90 Å². The van der Waals surface area contributed by atoms with Gasteiger partial charge in [0.05, 0.1) is 11.5 Å². The number of primary amides is 1. The van der Waals surface area contributed by atoms with Crippen molar-refractivity contribution in [3.8, 4) is 5.75 Å². The second kappa shape index (κ2) is 10.9. The van der Waals surface area contributed by atoms with E-state index < -0.39 is 16.8 Å². The van der Waals surface area contributed by atoms with Crippen molar-refractivity contribution >= 4 is 22.6 Å². The molecule has 1 saturated heterocycles. The molecule has 3 N–H and O–H groups in total. The molecule has 2 unspecified atom stereocenters. The summed E-state index contributed by atoms with van der Waals surface area (Å²) in [6.07, 6.45) is 1.20. The number of nitro groups is 1. The number of hydrogen-bond acceptors (Lipinski definition) is 8. The molecule has 2 atom stereocenters. The fourth-order valence-electron chi connectivity index (χ4n) is 4.62. The van der Waals surface area contributed by atoms with Crippen molar-refractivity contribution in [3.63, 3.8) is 0 Å². The number of aryl methyl sites for hydroxylation is 1. The highest BCUT2D eigenvalue weighted by Crippen LogP contribution is 2.26. The van der Waals surface area contributed by atoms with E-state index in [1.165, 1.54) is 12.1 Å². The highest BCUT2D eigenvalue weighted by molar-refractivity contribution is 5.82. The number of aliphatic hydroxyl groups is 1. The van der Waals surface area contributed by atoms with E-state index >= 15 is 0 Å². The Morgan fingerprint density at radius 3 is 2.83 bits per heavy atom. The first-order chi connectivity index (χ1) is 17.2. The SMILES string of the molecule is Cc1c(Cc2cccc([N+](=O)[O-])c2)c(=O)oc2cc(OCCCN3CCC(C(N)=O)CC3O)ccc12. The van der Waals surface area contributed by atoms with E-state index in [0.29, 0.717) is 61.4 Å². The van der Waals surface area contributed by atoms with Crippen LogP contribution in [-0.4, -0.2) is 46.8 Å². The molecule has 1 aliphatic heterocycles. The molecule has 2 heterocycles. The second-order valence-corrected chi connectivity index (χ2v) is 9.10. The highest BCUT2D eigenvalue weighted by Gasteiger charge is 2.29. The Bertz CT molecular complexity index is 1340. The van der Waals surface area contributed by atoms with Gasteiger partial charge in [-0.3, -0.25) is 19.8 Å². The number of rotatable bonds is 9. The van der Waals surface area contributed by atoms with Gasteiger partial charge in [0.2, 0.25) is 5.91 Å². The molecule has 1 amide bonds. The average molecular weight is 496 g/mol. The first kappa shape index (κ1) is 25.3. The van der Waals surface area contributed by atoms with Gasteiger partial charge in [-0.15, -0.1) is 0 Å². The molecule has 10 heteroatoms. The van der Waals surface area contributed by atoms with E-state index in [0.717, 1.165) is 10.9 Å². The Balaban J connectivity index is 1.39. The largest absolute Gasteiger partial charge is 0.493 e. The van der Waals surface area contributed by atoms with Gasteiger partial charge in [0.15, 0.2) is 0 Å². The number of aliphatic hydroxyl groups excluding tert-OH is 1. The van der Waals surface area contributed by atoms with Crippen molar-refractivity contribution in [2.45, 2.75) is 38.8 Å². The molecule has 1 aromatic heterocycles. The van der Waals surface area contributed by atoms with Gasteiger partial charge in [0, 0.05) is 54.6 Å². The first-order valence-electron chi connectivity index (χ1n) is 11.9. The molecule has 1 fully saturated rings. The minimum Gasteiger partial charge on any atom is -0.493 e. The minimum atomic E-state index is -0.689. The van der Waals surface area contributed by atoms with Crippen LogP contribution >= 0.6 is 0 Å². The lowest BCUT2D eigenvalue weighted by molar-refractivity contribution is -0.384. The quantitative estimate of drug-likeness (QED) is 0.199. The van der Waals surface area contributed by atoms with Crippen LogP contribution in [0.4, 0.5) is 5.69 Å². The van der Waals surface area contributed by atoms with Crippen LogP contribution in [-0.2, 0) is 11.2 Å². The Morgan fingerprint density at radius 2 is 2.11 bits per heavy atom. The zero-order valence-electron chi connectivity index (χ0n) is 20.0. The molecule has 190 valence electrons. The summed E-state index contributed by atoms with van der Waals surface area (Å²) in [7, 11) is 0. The van der Waals surface area contributed by atoms with E-state index in [-0.39, 0.29) is 23.9 Å². The average Bonchev–Trinajstić information content (AvgIpc) is 2.85. The third kappa shape index (κ3) is 5.72. The number of ether oxygens (including phenoxy) is 1. The van der Waals surface area contributed by atoms with Crippen LogP contribution < -0.4 is 16.1 Å². The number of hydrogen-bond donors (Lipinski definition) is 2. The number of likely N-dealkylation sites (tertiary alicyclic amines) is 1. The molecule has 10 nitrogen and oxygen atoms in total. The predicted molar refractivity (Wildman–Crippen MR) is 133 cm³/mol. The molecule has 0 saturated carbocycles. The van der Waals surface area contributed by atoms with Crippen LogP contribution in [0.3, 0.4) is 0 Å². The lowest BCUT2D eigenvalue weighted by atomic mass is 9.95. The Labute approximate surface area is 207 Å². The maximum atomic E-state index is 12.7. The molecular weight excluding hydrogens is 466 g/mol. The number of benzene rings is 2. The zero-order chi connectivity index (χ0) is 25.8. The van der Waals surface area contributed by atoms with Gasteiger partial charge < -0.3 is 20.0 Å². The maximum absolute atomic E-state index is 12.7. The number of nitrogens with zero attached hydrogens (tertiary/aromatic N) is 2. The standard InChI is InChI=1S/C26H29N3O7/c1-16-21-7-6-20(35-11-3-9-28-10-8-18(25(27)31)14-24(28)30)15-23(21)36-26(32)22(16)13-17-4-2-5-19(12-17)29(33)34/h2,4-7,12,15,18,24,30H,3,8-11,13-14H2,1H3,(H2,27,31). The summed E-state index contributed by atoms with van der Waals surface area (Å²) in [6.45, 7) is 3.46. The molecule has 0 radical (unpaired) electrons. The molecule has 0 spiro atoms. The van der Waals surface area contributed by atoms with Crippen molar-refractivity contribution < 1.29 is 24.0 Å². The molecule has 1 aliphatic rings. The number of carbonyl (C=O) groups is 1. The summed E-state index contributed by atoms with van der Waals surface area (Å²) in [5.41, 5.74) is 7.09. The summed E-state index contributed by atoms with van der Waals surface area (Å²) >= 11 is 0. The number of fused-ring (bicyclic) bond motifs is 1. The van der Waals surface area contributed by atoms with Crippen LogP contribution in [0.2, 0.25) is 0 Å². The summed E-state index contributed by atoms with van der Waals surface area (Å²) < 4.78 is 11.4. The van der Waals surface area contributed by atoms with Gasteiger partial charge in [-0.1, -0.05) is 12.1 Å². The van der Waals surface area contributed by atoms with Crippen LogP contribution in [0, 0.1) is 23.0 Å². The molecule has 0 bridgehead atoms. The van der Waals surface area contributed by atoms with Gasteiger partial charge in [-0.2, -0.15) is 0 Å². The third-order valence-electron chi connectivity index (χ3n) is 6.70. The van der Waals surface area contributed by atoms with E-state index in [1.54, 1.807) is 24.3 Å². The summed E-state index contributed by atoms with van der Waals surface area (Å²) in [5, 5.41) is 22.1. The summed E-state index contributed by atoms with van der Waals surface area (Å²) in [6, 6.07) is 11.5. The smallest absolute Gasteiger partial charge is 0.340 e. The number of piperidine rings is 1. The van der Waals surface area contributed by atoms with Crippen molar-refractivity contribution in [2.75, 3.05) is 19.7 Å². The Morgan fingerprint density at radius 1 is 1.31 bits per heavy atom. The molecule has 3 aromatic rings. The monoisotopic (exact) mass is 495 g/mol. The van der Waals surface area contributed by atoms with E-state index in [9.17, 15) is 24.8 Å². The topological polar surface area (TPSA) is 149 Å². The second-order valence-electron chi connectivity index (χ2n) is 9.10. The number of nitro benzene ring substituents is 1. The number of carbonyl (C=O) groups excluding carboxylic acids is 1. The van der Waals surface area contributed by atoms with Crippen LogP contribution in [0.5, 0.6) is 5.75 Å². The fourth-order valence-corrected chi connectivity index (χ4v) is 4.62. The minimum absolute atomic E-state index is 0.0261. The van der Waals surface area contributed by atoms with E-state index in [1.807, 2.05) is 17.9 Å². The van der Waals surface area contributed by atoms with Crippen LogP contribution in [0.15, 0.2) is 51.7 Å². The van der Waals surface area contributed by atoms with Crippen molar-refractivity contribution in [3.05, 3.63) is 79.7 Å². The third-order valence-corrected chi connectivity index (χ3v) is 6.70. The van der Waals surface area contributed by atoms with Crippen molar-refractivity contribution in [2.24, 2.45) is 11.7 Å². The lowest BCUT2D eigenvalue weighted by Gasteiger charge is -2.35. The lowest BCUT2D eigenvalue weighted by Crippen LogP contribution is -2.46. The maximum Gasteiger partial charge on any atom is 0.340 e. The van der Waals surface area contributed by atoms with Crippen LogP contribution in [0.25, 0.3) is 11.0 Å². The number of nitrogens with two attached hydrogens (primary N) is 1. The van der Waals surface area contributed by atoms with Gasteiger partial charge in [0.25, 0.3) is 5.69 Å². The van der Waals surface area contributed by atoms with E-state index in [4.69, 9.17) is 14.9 Å². The molecule has 36 heavy (non-hydrogen) atoms. The van der Waals surface area contributed by atoms with Gasteiger partial charge in [-0.05, 0) is 49.4 Å². The fraction of sp³-hybridized carbons (Fsp3) is 0.385. The van der Waals surface area contributed by atoms with Gasteiger partial charge in [-0.25, -0.2) is 4.79 Å².